The maximum atomic E-state index is 9.38. The summed E-state index contributed by atoms with van der Waals surface area (Å²) in [6.07, 6.45) is 4.98. The highest BCUT2D eigenvalue weighted by Gasteiger charge is 2.25. The Morgan fingerprint density at radius 3 is 2.42 bits per heavy atom. The van der Waals surface area contributed by atoms with Gasteiger partial charge in [-0.05, 0) is 44.4 Å². The van der Waals surface area contributed by atoms with Gasteiger partial charge in [-0.15, -0.1) is 0 Å². The minimum absolute atomic E-state index is 0.0970. The highest BCUT2D eigenvalue weighted by Crippen LogP contribution is 2.29. The molecule has 0 saturated heterocycles. The number of nitrogens with one attached hydrogen (secondary N) is 2. The van der Waals surface area contributed by atoms with Gasteiger partial charge in [0.15, 0.2) is 11.7 Å². The Balaban J connectivity index is 2.74. The first-order valence-corrected chi connectivity index (χ1v) is 10.2. The molecule has 0 spiro atoms. The number of guanidine groups is 1. The van der Waals surface area contributed by atoms with Gasteiger partial charge in [-0.1, -0.05) is 32.9 Å². The SMILES string of the molecule is CCNC(=NCc1cc(C(CC)CC)no1)NCC(CC)(CC)CCO. The van der Waals surface area contributed by atoms with E-state index in [2.05, 4.69) is 55.4 Å². The quantitative estimate of drug-likeness (QED) is 0.387. The highest BCUT2D eigenvalue weighted by molar-refractivity contribution is 5.79. The summed E-state index contributed by atoms with van der Waals surface area (Å²) in [4.78, 5) is 4.64. The Morgan fingerprint density at radius 2 is 1.88 bits per heavy atom. The van der Waals surface area contributed by atoms with Crippen molar-refractivity contribution < 1.29 is 9.63 Å². The summed E-state index contributed by atoms with van der Waals surface area (Å²) in [6.45, 7) is 13.0. The molecular formula is C20H38N4O2. The molecule has 0 bridgehead atoms. The second kappa shape index (κ2) is 11.9. The average molecular weight is 367 g/mol. The molecule has 0 saturated carbocycles. The number of aliphatic imine (C=N–C) groups is 1. The minimum atomic E-state index is 0.0970. The summed E-state index contributed by atoms with van der Waals surface area (Å²) >= 11 is 0. The van der Waals surface area contributed by atoms with E-state index in [0.717, 1.165) is 62.6 Å². The van der Waals surface area contributed by atoms with Gasteiger partial charge in [0, 0.05) is 31.7 Å². The second-order valence-corrected chi connectivity index (χ2v) is 6.96. The van der Waals surface area contributed by atoms with Crippen LogP contribution in [0.3, 0.4) is 0 Å². The van der Waals surface area contributed by atoms with Crippen LogP contribution in [-0.2, 0) is 6.54 Å². The lowest BCUT2D eigenvalue weighted by Crippen LogP contribution is -2.43. The van der Waals surface area contributed by atoms with E-state index in [0.29, 0.717) is 12.5 Å². The highest BCUT2D eigenvalue weighted by atomic mass is 16.5. The minimum Gasteiger partial charge on any atom is -0.396 e. The first kappa shape index (κ1) is 22.5. The Bertz CT molecular complexity index is 520. The van der Waals surface area contributed by atoms with Gasteiger partial charge in [0.05, 0.1) is 5.69 Å². The number of nitrogens with zero attached hydrogens (tertiary/aromatic N) is 2. The molecule has 0 amide bonds. The van der Waals surface area contributed by atoms with Crippen LogP contribution in [0.25, 0.3) is 0 Å². The van der Waals surface area contributed by atoms with Gasteiger partial charge in [-0.3, -0.25) is 0 Å². The third-order valence-electron chi connectivity index (χ3n) is 5.49. The van der Waals surface area contributed by atoms with Crippen molar-refractivity contribution >= 4 is 5.96 Å². The van der Waals surface area contributed by atoms with Gasteiger partial charge >= 0.3 is 0 Å². The third-order valence-corrected chi connectivity index (χ3v) is 5.49. The molecule has 1 heterocycles. The van der Waals surface area contributed by atoms with Crippen LogP contribution in [0, 0.1) is 5.41 Å². The van der Waals surface area contributed by atoms with E-state index in [9.17, 15) is 5.11 Å². The van der Waals surface area contributed by atoms with Gasteiger partial charge in [0.25, 0.3) is 0 Å². The predicted octanol–water partition coefficient (Wildman–Crippen LogP) is 3.82. The van der Waals surface area contributed by atoms with Crippen molar-refractivity contribution in [2.45, 2.75) is 79.2 Å². The zero-order valence-electron chi connectivity index (χ0n) is 17.3. The van der Waals surface area contributed by atoms with Gasteiger partial charge < -0.3 is 20.3 Å². The number of hydrogen-bond donors (Lipinski definition) is 3. The van der Waals surface area contributed by atoms with Crippen molar-refractivity contribution in [3.05, 3.63) is 17.5 Å². The Hall–Kier alpha value is -1.56. The fourth-order valence-corrected chi connectivity index (χ4v) is 3.25. The van der Waals surface area contributed by atoms with E-state index in [4.69, 9.17) is 4.52 Å². The van der Waals surface area contributed by atoms with E-state index >= 15 is 0 Å². The maximum Gasteiger partial charge on any atom is 0.191 e. The monoisotopic (exact) mass is 366 g/mol. The molecule has 26 heavy (non-hydrogen) atoms. The lowest BCUT2D eigenvalue weighted by molar-refractivity contribution is 0.169. The largest absolute Gasteiger partial charge is 0.396 e. The van der Waals surface area contributed by atoms with Crippen LogP contribution < -0.4 is 10.6 Å². The molecule has 6 heteroatoms. The summed E-state index contributed by atoms with van der Waals surface area (Å²) in [5.41, 5.74) is 1.12. The van der Waals surface area contributed by atoms with Crippen molar-refractivity contribution in [2.24, 2.45) is 10.4 Å². The van der Waals surface area contributed by atoms with Crippen LogP contribution in [0.1, 0.15) is 84.1 Å². The van der Waals surface area contributed by atoms with Gasteiger partial charge in [-0.25, -0.2) is 4.99 Å². The van der Waals surface area contributed by atoms with Crippen molar-refractivity contribution in [1.82, 2.24) is 15.8 Å². The molecule has 0 unspecified atom stereocenters. The molecule has 0 radical (unpaired) electrons. The maximum absolute atomic E-state index is 9.38. The van der Waals surface area contributed by atoms with Crippen molar-refractivity contribution in [1.29, 1.82) is 0 Å². The summed E-state index contributed by atoms with van der Waals surface area (Å²) in [5.74, 6) is 2.02. The van der Waals surface area contributed by atoms with Crippen LogP contribution in [0.2, 0.25) is 0 Å². The van der Waals surface area contributed by atoms with E-state index in [1.807, 2.05) is 6.07 Å². The van der Waals surface area contributed by atoms with Crippen molar-refractivity contribution in [3.8, 4) is 0 Å². The summed E-state index contributed by atoms with van der Waals surface area (Å²) in [5, 5.41) is 20.3. The normalized spacial score (nSPS) is 12.7. The van der Waals surface area contributed by atoms with Crippen LogP contribution in [0.5, 0.6) is 0 Å². The van der Waals surface area contributed by atoms with Crippen LogP contribution in [0.4, 0.5) is 0 Å². The lowest BCUT2D eigenvalue weighted by Gasteiger charge is -2.32. The third kappa shape index (κ3) is 6.63. The van der Waals surface area contributed by atoms with Crippen LogP contribution >= 0.6 is 0 Å². The predicted molar refractivity (Wildman–Crippen MR) is 107 cm³/mol. The van der Waals surface area contributed by atoms with E-state index < -0.39 is 0 Å². The molecule has 150 valence electrons. The van der Waals surface area contributed by atoms with Crippen molar-refractivity contribution in [2.75, 3.05) is 19.7 Å². The summed E-state index contributed by atoms with van der Waals surface area (Å²) < 4.78 is 5.46. The standard InChI is InChI=1S/C20H38N4O2/c1-6-16(7-2)18-13-17(26-24-18)14-22-19(21-10-5)23-15-20(8-3,9-4)11-12-25/h13,16,25H,6-12,14-15H2,1-5H3,(H2,21,22,23). The number of rotatable bonds is 12. The molecule has 0 aliphatic carbocycles. The number of aliphatic hydroxyl groups is 1. The zero-order valence-corrected chi connectivity index (χ0v) is 17.3. The number of hydrogen-bond acceptors (Lipinski definition) is 4. The van der Waals surface area contributed by atoms with Crippen LogP contribution in [0.15, 0.2) is 15.6 Å². The number of aliphatic hydroxyl groups excluding tert-OH is 1. The fourth-order valence-electron chi connectivity index (χ4n) is 3.25. The Kier molecular flexibility index (Phi) is 10.3. The topological polar surface area (TPSA) is 82.7 Å². The summed E-state index contributed by atoms with van der Waals surface area (Å²) in [6, 6.07) is 2.03. The van der Waals surface area contributed by atoms with E-state index in [1.165, 1.54) is 0 Å². The number of aromatic nitrogens is 1. The molecule has 1 aromatic rings. The first-order valence-electron chi connectivity index (χ1n) is 10.2. The molecule has 0 aliphatic heterocycles. The molecule has 0 atom stereocenters. The molecule has 3 N–H and O–H groups in total. The van der Waals surface area contributed by atoms with Gasteiger partial charge in [-0.2, -0.15) is 0 Å². The smallest absolute Gasteiger partial charge is 0.191 e. The zero-order chi connectivity index (χ0) is 19.4. The van der Waals surface area contributed by atoms with E-state index in [-0.39, 0.29) is 12.0 Å². The average Bonchev–Trinajstić information content (AvgIpc) is 3.12. The molecule has 0 aliphatic rings. The lowest BCUT2D eigenvalue weighted by atomic mass is 9.79. The molecule has 1 aromatic heterocycles. The van der Waals surface area contributed by atoms with Crippen LogP contribution in [-0.4, -0.2) is 35.9 Å². The van der Waals surface area contributed by atoms with Crippen molar-refractivity contribution in [3.63, 3.8) is 0 Å². The first-order chi connectivity index (χ1) is 12.6. The molecular weight excluding hydrogens is 328 g/mol. The Labute approximate surface area is 158 Å². The van der Waals surface area contributed by atoms with Gasteiger partial charge in [0.2, 0.25) is 0 Å². The molecule has 1 rings (SSSR count). The fraction of sp³-hybridized carbons (Fsp3) is 0.800. The van der Waals surface area contributed by atoms with Gasteiger partial charge in [0.1, 0.15) is 6.54 Å². The second-order valence-electron chi connectivity index (χ2n) is 6.96. The molecule has 6 nitrogen and oxygen atoms in total. The summed E-state index contributed by atoms with van der Waals surface area (Å²) in [7, 11) is 0. The molecule has 0 fully saturated rings. The Morgan fingerprint density at radius 1 is 1.19 bits per heavy atom. The molecule has 0 aromatic carbocycles. The van der Waals surface area contributed by atoms with E-state index in [1.54, 1.807) is 0 Å².